The molecule has 1 heteroatoms. The van der Waals surface area contributed by atoms with Crippen molar-refractivity contribution in [1.29, 1.82) is 0 Å². The van der Waals surface area contributed by atoms with Gasteiger partial charge in [0.05, 0.1) is 0 Å². The average Bonchev–Trinajstić information content (AvgIpc) is 2.02. The number of fused-ring (bicyclic) bond motifs is 2. The molecule has 1 nitrogen and oxygen atoms in total. The summed E-state index contributed by atoms with van der Waals surface area (Å²) in [6.45, 7) is 2.24. The second kappa shape index (κ2) is 2.62. The standard InChI is InChI=1S/C10H16O/c1-7-2-3-8-4-5-10(11)9(7)6-8/h7-9H,2-6H2,1H3/t7-,8-,9+/m1/s1. The predicted molar refractivity (Wildman–Crippen MR) is 44.2 cm³/mol. The summed E-state index contributed by atoms with van der Waals surface area (Å²) < 4.78 is 0. The lowest BCUT2D eigenvalue weighted by Crippen LogP contribution is -2.34. The fourth-order valence-corrected chi connectivity index (χ4v) is 2.65. The van der Waals surface area contributed by atoms with E-state index in [0.29, 0.717) is 17.6 Å². The molecule has 0 saturated heterocycles. The highest BCUT2D eigenvalue weighted by atomic mass is 16.1. The minimum Gasteiger partial charge on any atom is -0.299 e. The maximum atomic E-state index is 11.4. The third-order valence-corrected chi connectivity index (χ3v) is 3.52. The molecule has 0 heterocycles. The third-order valence-electron chi connectivity index (χ3n) is 3.52. The Kier molecular flexibility index (Phi) is 1.74. The summed E-state index contributed by atoms with van der Waals surface area (Å²) in [5, 5.41) is 0. The summed E-state index contributed by atoms with van der Waals surface area (Å²) in [6.07, 6.45) is 5.94. The Hall–Kier alpha value is -0.330. The van der Waals surface area contributed by atoms with E-state index >= 15 is 0 Å². The lowest BCUT2D eigenvalue weighted by atomic mass is 9.67. The molecule has 0 aromatic rings. The monoisotopic (exact) mass is 152 g/mol. The molecule has 0 spiro atoms. The molecule has 62 valence electrons. The highest BCUT2D eigenvalue weighted by Crippen LogP contribution is 2.40. The lowest BCUT2D eigenvalue weighted by Gasteiger charge is -2.37. The van der Waals surface area contributed by atoms with Gasteiger partial charge in [0.15, 0.2) is 0 Å². The van der Waals surface area contributed by atoms with Gasteiger partial charge < -0.3 is 0 Å². The van der Waals surface area contributed by atoms with Gasteiger partial charge in [-0.15, -0.1) is 0 Å². The van der Waals surface area contributed by atoms with Crippen LogP contribution in [0.5, 0.6) is 0 Å². The fraction of sp³-hybridized carbons (Fsp3) is 0.900. The third kappa shape index (κ3) is 1.21. The van der Waals surface area contributed by atoms with E-state index in [2.05, 4.69) is 6.92 Å². The van der Waals surface area contributed by atoms with Crippen LogP contribution in [-0.2, 0) is 4.79 Å². The lowest BCUT2D eigenvalue weighted by molar-refractivity contribution is -0.129. The highest BCUT2D eigenvalue weighted by Gasteiger charge is 2.35. The van der Waals surface area contributed by atoms with Crippen molar-refractivity contribution in [2.45, 2.75) is 39.0 Å². The zero-order valence-electron chi connectivity index (χ0n) is 7.18. The van der Waals surface area contributed by atoms with E-state index in [0.717, 1.165) is 12.3 Å². The smallest absolute Gasteiger partial charge is 0.136 e. The van der Waals surface area contributed by atoms with Gasteiger partial charge in [-0.25, -0.2) is 0 Å². The first-order chi connectivity index (χ1) is 5.27. The zero-order valence-corrected chi connectivity index (χ0v) is 7.18. The van der Waals surface area contributed by atoms with Crippen LogP contribution in [0.15, 0.2) is 0 Å². The first kappa shape index (κ1) is 7.33. The Balaban J connectivity index is 2.11. The average molecular weight is 152 g/mol. The van der Waals surface area contributed by atoms with Gasteiger partial charge in [-0.05, 0) is 31.1 Å². The number of rotatable bonds is 0. The number of ketones is 1. The number of carbonyl (C=O) groups is 1. The predicted octanol–water partition coefficient (Wildman–Crippen LogP) is 2.40. The molecule has 0 radical (unpaired) electrons. The summed E-state index contributed by atoms with van der Waals surface area (Å²) in [5.41, 5.74) is 0. The topological polar surface area (TPSA) is 17.1 Å². The van der Waals surface area contributed by atoms with Crippen LogP contribution >= 0.6 is 0 Å². The van der Waals surface area contributed by atoms with Crippen molar-refractivity contribution in [3.63, 3.8) is 0 Å². The molecule has 0 aromatic carbocycles. The van der Waals surface area contributed by atoms with Gasteiger partial charge in [0, 0.05) is 12.3 Å². The first-order valence-corrected chi connectivity index (χ1v) is 4.80. The van der Waals surface area contributed by atoms with Crippen LogP contribution in [0.3, 0.4) is 0 Å². The number of hydrogen-bond donors (Lipinski definition) is 0. The number of hydrogen-bond acceptors (Lipinski definition) is 1. The Morgan fingerprint density at radius 1 is 1.27 bits per heavy atom. The maximum Gasteiger partial charge on any atom is 0.136 e. The highest BCUT2D eigenvalue weighted by molar-refractivity contribution is 5.82. The summed E-state index contributed by atoms with van der Waals surface area (Å²) in [6, 6.07) is 0. The molecule has 0 unspecified atom stereocenters. The van der Waals surface area contributed by atoms with Crippen molar-refractivity contribution in [1.82, 2.24) is 0 Å². The molecule has 11 heavy (non-hydrogen) atoms. The van der Waals surface area contributed by atoms with E-state index in [4.69, 9.17) is 0 Å². The van der Waals surface area contributed by atoms with E-state index in [1.807, 2.05) is 0 Å². The molecular formula is C10H16O. The van der Waals surface area contributed by atoms with E-state index in [9.17, 15) is 4.79 Å². The van der Waals surface area contributed by atoms with Gasteiger partial charge in [-0.1, -0.05) is 13.3 Å². The van der Waals surface area contributed by atoms with Gasteiger partial charge in [-0.3, -0.25) is 4.79 Å². The number of carbonyl (C=O) groups excluding carboxylic acids is 1. The summed E-state index contributed by atoms with van der Waals surface area (Å²) in [5.74, 6) is 2.57. The van der Waals surface area contributed by atoms with E-state index in [-0.39, 0.29) is 0 Å². The fourth-order valence-electron chi connectivity index (χ4n) is 2.65. The van der Waals surface area contributed by atoms with Crippen molar-refractivity contribution in [2.24, 2.45) is 17.8 Å². The summed E-state index contributed by atoms with van der Waals surface area (Å²) in [7, 11) is 0. The molecule has 2 rings (SSSR count). The maximum absolute atomic E-state index is 11.4. The molecule has 0 amide bonds. The Morgan fingerprint density at radius 3 is 2.82 bits per heavy atom. The molecule has 0 N–H and O–H groups in total. The molecule has 0 aromatic heterocycles. The molecule has 2 aliphatic rings. The second-order valence-electron chi connectivity index (χ2n) is 4.27. The van der Waals surface area contributed by atoms with Crippen LogP contribution in [0.25, 0.3) is 0 Å². The second-order valence-corrected chi connectivity index (χ2v) is 4.27. The van der Waals surface area contributed by atoms with Gasteiger partial charge in [0.1, 0.15) is 5.78 Å². The van der Waals surface area contributed by atoms with E-state index < -0.39 is 0 Å². The molecule has 0 aliphatic heterocycles. The Bertz CT molecular complexity index is 174. The van der Waals surface area contributed by atoms with Crippen LogP contribution in [0.1, 0.15) is 39.0 Å². The Labute approximate surface area is 68.2 Å². The van der Waals surface area contributed by atoms with Crippen molar-refractivity contribution in [3.05, 3.63) is 0 Å². The van der Waals surface area contributed by atoms with Crippen LogP contribution < -0.4 is 0 Å². The molecule has 3 atom stereocenters. The van der Waals surface area contributed by atoms with Gasteiger partial charge in [0.25, 0.3) is 0 Å². The van der Waals surface area contributed by atoms with Crippen molar-refractivity contribution in [2.75, 3.05) is 0 Å². The van der Waals surface area contributed by atoms with Crippen LogP contribution in [-0.4, -0.2) is 5.78 Å². The molecular weight excluding hydrogens is 136 g/mol. The van der Waals surface area contributed by atoms with Crippen molar-refractivity contribution in [3.8, 4) is 0 Å². The van der Waals surface area contributed by atoms with E-state index in [1.54, 1.807) is 0 Å². The number of Topliss-reactive ketones (excluding diaryl/α,β-unsaturated/α-hetero) is 1. The first-order valence-electron chi connectivity index (χ1n) is 4.80. The zero-order chi connectivity index (χ0) is 7.84. The van der Waals surface area contributed by atoms with Crippen molar-refractivity contribution < 1.29 is 4.79 Å². The molecule has 2 saturated carbocycles. The molecule has 2 bridgehead atoms. The van der Waals surface area contributed by atoms with Crippen LogP contribution in [0, 0.1) is 17.8 Å². The van der Waals surface area contributed by atoms with Crippen molar-refractivity contribution >= 4 is 5.78 Å². The summed E-state index contributed by atoms with van der Waals surface area (Å²) in [4.78, 5) is 11.4. The van der Waals surface area contributed by atoms with E-state index in [1.165, 1.54) is 25.7 Å². The minimum absolute atomic E-state index is 0.447. The largest absolute Gasteiger partial charge is 0.299 e. The van der Waals surface area contributed by atoms with Gasteiger partial charge in [-0.2, -0.15) is 0 Å². The SMILES string of the molecule is C[C@@H]1CC[C@@H]2CCC(=O)[C@H]1C2. The summed E-state index contributed by atoms with van der Waals surface area (Å²) >= 11 is 0. The Morgan fingerprint density at radius 2 is 2.09 bits per heavy atom. The van der Waals surface area contributed by atoms with Crippen LogP contribution in [0.4, 0.5) is 0 Å². The quantitative estimate of drug-likeness (QED) is 0.521. The minimum atomic E-state index is 0.447. The molecule has 2 aliphatic carbocycles. The normalized spacial score (nSPS) is 44.1. The van der Waals surface area contributed by atoms with Crippen LogP contribution in [0.2, 0.25) is 0 Å². The molecule has 2 fully saturated rings. The van der Waals surface area contributed by atoms with Gasteiger partial charge in [0.2, 0.25) is 0 Å². The van der Waals surface area contributed by atoms with Gasteiger partial charge >= 0.3 is 0 Å².